The lowest BCUT2D eigenvalue weighted by Gasteiger charge is -2.09. The largest absolute Gasteiger partial charge is 0.452 e. The van der Waals surface area contributed by atoms with Gasteiger partial charge in [0.05, 0.1) is 39.4 Å². The maximum atomic E-state index is 12.0. The molecule has 1 unspecified atom stereocenters. The van der Waals surface area contributed by atoms with Crippen molar-refractivity contribution in [3.05, 3.63) is 56.4 Å². The maximum absolute atomic E-state index is 12.0. The standard InChI is InChI=1S/C20H18ClN5O7S/c1-12-16(20(21)25(24-12)15-6-7-34(31,32)11-15)3-5-19(28)33-10-18(27)23-17-4-2-14(26(29)30)8-13(17)9-22/h2-5,8,15H,6-7,10-11H2,1H3,(H,23,27)/b5-3+. The predicted octanol–water partition coefficient (Wildman–Crippen LogP) is 2.18. The van der Waals surface area contributed by atoms with E-state index in [-0.39, 0.29) is 39.6 Å². The van der Waals surface area contributed by atoms with Crippen molar-refractivity contribution in [3.8, 4) is 6.07 Å². The van der Waals surface area contributed by atoms with Crippen molar-refractivity contribution in [3.63, 3.8) is 0 Å². The van der Waals surface area contributed by atoms with E-state index in [0.29, 0.717) is 17.7 Å². The molecule has 1 aromatic heterocycles. The Morgan fingerprint density at radius 1 is 1.47 bits per heavy atom. The van der Waals surface area contributed by atoms with Crippen molar-refractivity contribution in [1.29, 1.82) is 5.26 Å². The molecule has 2 heterocycles. The third-order valence-corrected chi connectivity index (χ3v) is 7.09. The van der Waals surface area contributed by atoms with Crippen molar-refractivity contribution in [1.82, 2.24) is 9.78 Å². The van der Waals surface area contributed by atoms with Crippen molar-refractivity contribution >= 4 is 50.8 Å². The van der Waals surface area contributed by atoms with Crippen LogP contribution in [0.4, 0.5) is 11.4 Å². The molecule has 1 aromatic carbocycles. The third-order valence-electron chi connectivity index (χ3n) is 4.97. The quantitative estimate of drug-likeness (QED) is 0.255. The number of rotatable bonds is 7. The number of carbonyl (C=O) groups excluding carboxylic acids is 2. The van der Waals surface area contributed by atoms with Crippen molar-refractivity contribution < 1.29 is 27.7 Å². The summed E-state index contributed by atoms with van der Waals surface area (Å²) in [6.07, 6.45) is 2.80. The van der Waals surface area contributed by atoms with Crippen LogP contribution < -0.4 is 5.32 Å². The Bertz CT molecular complexity index is 1340. The number of esters is 1. The maximum Gasteiger partial charge on any atom is 0.331 e. The summed E-state index contributed by atoms with van der Waals surface area (Å²) in [4.78, 5) is 34.2. The number of nitrogens with zero attached hydrogens (tertiary/aromatic N) is 4. The Kier molecular flexibility index (Phi) is 7.33. The number of aromatic nitrogens is 2. The first-order valence-corrected chi connectivity index (χ1v) is 12.0. The van der Waals surface area contributed by atoms with Gasteiger partial charge in [-0.15, -0.1) is 0 Å². The number of non-ortho nitro benzene ring substituents is 1. The van der Waals surface area contributed by atoms with E-state index in [1.807, 2.05) is 0 Å². The monoisotopic (exact) mass is 507 g/mol. The number of nitriles is 1. The van der Waals surface area contributed by atoms with Gasteiger partial charge in [-0.25, -0.2) is 17.9 Å². The highest BCUT2D eigenvalue weighted by atomic mass is 35.5. The zero-order valence-electron chi connectivity index (χ0n) is 17.7. The van der Waals surface area contributed by atoms with Gasteiger partial charge in [0, 0.05) is 23.8 Å². The number of nitrogens with one attached hydrogen (secondary N) is 1. The van der Waals surface area contributed by atoms with E-state index in [2.05, 4.69) is 10.4 Å². The number of nitro groups is 1. The van der Waals surface area contributed by atoms with Crippen LogP contribution in [-0.2, 0) is 24.2 Å². The van der Waals surface area contributed by atoms with Gasteiger partial charge in [-0.2, -0.15) is 10.4 Å². The third kappa shape index (κ3) is 5.77. The molecule has 0 aliphatic carbocycles. The molecule has 1 fully saturated rings. The molecule has 0 bridgehead atoms. The highest BCUT2D eigenvalue weighted by Crippen LogP contribution is 2.30. The molecule has 1 N–H and O–H groups in total. The molecule has 0 saturated carbocycles. The van der Waals surface area contributed by atoms with E-state index >= 15 is 0 Å². The van der Waals surface area contributed by atoms with Crippen LogP contribution >= 0.6 is 11.6 Å². The average molecular weight is 508 g/mol. The minimum Gasteiger partial charge on any atom is -0.452 e. The van der Waals surface area contributed by atoms with Crippen LogP contribution in [0.2, 0.25) is 5.15 Å². The summed E-state index contributed by atoms with van der Waals surface area (Å²) in [6.45, 7) is 0.984. The highest BCUT2D eigenvalue weighted by molar-refractivity contribution is 7.91. The average Bonchev–Trinajstić information content (AvgIpc) is 3.28. The van der Waals surface area contributed by atoms with Crippen molar-refractivity contribution in [2.75, 3.05) is 23.4 Å². The number of halogens is 1. The zero-order valence-corrected chi connectivity index (χ0v) is 19.3. The Labute approximate surface area is 198 Å². The Hall–Kier alpha value is -3.76. The molecular formula is C20H18ClN5O7S. The summed E-state index contributed by atoms with van der Waals surface area (Å²) in [6, 6.07) is 4.70. The number of sulfone groups is 1. The molecule has 14 heteroatoms. The summed E-state index contributed by atoms with van der Waals surface area (Å²) in [5.41, 5.74) is 0.507. The number of carbonyl (C=O) groups is 2. The molecule has 2 aromatic rings. The molecule has 1 saturated heterocycles. The normalized spacial score (nSPS) is 16.8. The first kappa shape index (κ1) is 24.9. The molecule has 1 aliphatic rings. The number of amides is 1. The number of hydrogen-bond acceptors (Lipinski definition) is 9. The van der Waals surface area contributed by atoms with Crippen LogP contribution in [0.1, 0.15) is 29.3 Å². The summed E-state index contributed by atoms with van der Waals surface area (Å²) in [7, 11) is -3.14. The molecule has 34 heavy (non-hydrogen) atoms. The van der Waals surface area contributed by atoms with Gasteiger partial charge >= 0.3 is 5.97 Å². The van der Waals surface area contributed by atoms with E-state index in [1.54, 1.807) is 13.0 Å². The fraction of sp³-hybridized carbons (Fsp3) is 0.300. The molecule has 178 valence electrons. The molecule has 0 spiro atoms. The minimum absolute atomic E-state index is 0.0356. The fourth-order valence-electron chi connectivity index (χ4n) is 3.30. The second-order valence-electron chi connectivity index (χ2n) is 7.38. The van der Waals surface area contributed by atoms with E-state index in [9.17, 15) is 28.1 Å². The van der Waals surface area contributed by atoms with Gasteiger partial charge in [-0.05, 0) is 25.5 Å². The van der Waals surface area contributed by atoms with Gasteiger partial charge in [0.1, 0.15) is 11.2 Å². The van der Waals surface area contributed by atoms with E-state index in [1.165, 1.54) is 16.8 Å². The zero-order chi connectivity index (χ0) is 25.0. The minimum atomic E-state index is -3.14. The van der Waals surface area contributed by atoms with Crippen LogP contribution in [0.25, 0.3) is 6.08 Å². The Morgan fingerprint density at radius 3 is 2.82 bits per heavy atom. The van der Waals surface area contributed by atoms with Crippen LogP contribution in [0.5, 0.6) is 0 Å². The Balaban J connectivity index is 1.59. The second-order valence-corrected chi connectivity index (χ2v) is 9.97. The van der Waals surface area contributed by atoms with Gasteiger partial charge < -0.3 is 10.1 Å². The number of nitro benzene ring substituents is 1. The van der Waals surface area contributed by atoms with E-state index in [4.69, 9.17) is 21.6 Å². The number of aryl methyl sites for hydroxylation is 1. The van der Waals surface area contributed by atoms with Gasteiger partial charge in [-0.1, -0.05) is 11.6 Å². The summed E-state index contributed by atoms with van der Waals surface area (Å²) in [5, 5.41) is 26.7. The molecule has 1 atom stereocenters. The highest BCUT2D eigenvalue weighted by Gasteiger charge is 2.31. The number of ether oxygens (including phenoxy) is 1. The second kappa shape index (κ2) is 10.0. The lowest BCUT2D eigenvalue weighted by Crippen LogP contribution is -2.20. The Morgan fingerprint density at radius 2 is 2.21 bits per heavy atom. The van der Waals surface area contributed by atoms with Crippen LogP contribution in [0.3, 0.4) is 0 Å². The first-order chi connectivity index (χ1) is 16.0. The lowest BCUT2D eigenvalue weighted by molar-refractivity contribution is -0.384. The number of benzene rings is 1. The van der Waals surface area contributed by atoms with Crippen LogP contribution in [0, 0.1) is 28.4 Å². The molecule has 0 radical (unpaired) electrons. The molecule has 1 aliphatic heterocycles. The fourth-order valence-corrected chi connectivity index (χ4v) is 5.37. The molecule has 12 nitrogen and oxygen atoms in total. The number of hydrogen-bond donors (Lipinski definition) is 1. The topological polar surface area (TPSA) is 174 Å². The number of anilines is 1. The van der Waals surface area contributed by atoms with Gasteiger partial charge in [0.25, 0.3) is 11.6 Å². The van der Waals surface area contributed by atoms with Gasteiger partial charge in [0.2, 0.25) is 0 Å². The molecular weight excluding hydrogens is 490 g/mol. The van der Waals surface area contributed by atoms with Crippen molar-refractivity contribution in [2.45, 2.75) is 19.4 Å². The molecule has 1 amide bonds. The summed E-state index contributed by atoms with van der Waals surface area (Å²) < 4.78 is 29.7. The van der Waals surface area contributed by atoms with E-state index in [0.717, 1.165) is 18.2 Å². The van der Waals surface area contributed by atoms with Crippen LogP contribution in [-0.4, -0.2) is 53.1 Å². The predicted molar refractivity (Wildman–Crippen MR) is 121 cm³/mol. The van der Waals surface area contributed by atoms with E-state index < -0.39 is 33.2 Å². The van der Waals surface area contributed by atoms with Crippen LogP contribution in [0.15, 0.2) is 24.3 Å². The van der Waals surface area contributed by atoms with Gasteiger partial charge in [-0.3, -0.25) is 14.9 Å². The smallest absolute Gasteiger partial charge is 0.331 e. The van der Waals surface area contributed by atoms with Crippen molar-refractivity contribution in [2.24, 2.45) is 0 Å². The SMILES string of the molecule is Cc1nn(C2CCS(=O)(=O)C2)c(Cl)c1/C=C/C(=O)OCC(=O)Nc1ccc([N+](=O)[O-])cc1C#N. The molecule has 3 rings (SSSR count). The van der Waals surface area contributed by atoms with Gasteiger partial charge in [0.15, 0.2) is 16.4 Å². The first-order valence-electron chi connectivity index (χ1n) is 9.79. The summed E-state index contributed by atoms with van der Waals surface area (Å²) in [5.74, 6) is -1.61. The lowest BCUT2D eigenvalue weighted by atomic mass is 10.1. The summed E-state index contributed by atoms with van der Waals surface area (Å²) >= 11 is 6.33.